The molecule has 0 aliphatic rings. The summed E-state index contributed by atoms with van der Waals surface area (Å²) in [5.41, 5.74) is 6.18. The van der Waals surface area contributed by atoms with Crippen LogP contribution in [0.1, 0.15) is 36.2 Å². The lowest BCUT2D eigenvalue weighted by molar-refractivity contribution is -0.666. The van der Waals surface area contributed by atoms with E-state index in [1.165, 1.54) is 0 Å². The van der Waals surface area contributed by atoms with Crippen molar-refractivity contribution in [2.24, 2.45) is 13.0 Å². The minimum absolute atomic E-state index is 0.00956. The number of fused-ring (bicyclic) bond motifs is 3. The van der Waals surface area contributed by atoms with E-state index in [1.807, 2.05) is 55.5 Å². The minimum atomic E-state index is -1.85. The zero-order chi connectivity index (χ0) is 27.5. The van der Waals surface area contributed by atoms with Gasteiger partial charge in [0.1, 0.15) is 18.2 Å². The maximum Gasteiger partial charge on any atom is 0.216 e. The van der Waals surface area contributed by atoms with Gasteiger partial charge >= 0.3 is 0 Å². The van der Waals surface area contributed by atoms with Crippen molar-refractivity contribution in [1.29, 1.82) is 0 Å². The molecular weight excluding hydrogens is 416 g/mol. The first-order valence-corrected chi connectivity index (χ1v) is 11.4. The molecule has 0 radical (unpaired) electrons. The van der Waals surface area contributed by atoms with Gasteiger partial charge < -0.3 is 4.42 Å². The highest BCUT2D eigenvalue weighted by atomic mass is 16.3. The van der Waals surface area contributed by atoms with Crippen molar-refractivity contribution in [2.75, 3.05) is 0 Å². The topological polar surface area (TPSA) is 21.4 Å². The Balaban J connectivity index is 1.89. The van der Waals surface area contributed by atoms with Crippen molar-refractivity contribution >= 4 is 27.6 Å². The Morgan fingerprint density at radius 2 is 1.82 bits per heavy atom. The molecule has 0 aliphatic heterocycles. The third-order valence-electron chi connectivity index (χ3n) is 6.23. The van der Waals surface area contributed by atoms with E-state index >= 15 is 0 Å². The lowest BCUT2D eigenvalue weighted by Gasteiger charge is -2.11. The zero-order valence-electron chi connectivity index (χ0n) is 24.1. The summed E-state index contributed by atoms with van der Waals surface area (Å²) >= 11 is 0. The van der Waals surface area contributed by atoms with Crippen molar-refractivity contribution in [2.45, 2.75) is 34.1 Å². The maximum absolute atomic E-state index is 9.17. The fourth-order valence-electron chi connectivity index (χ4n) is 4.47. The van der Waals surface area contributed by atoms with E-state index in [-0.39, 0.29) is 17.6 Å². The van der Waals surface area contributed by atoms with Gasteiger partial charge in [-0.05, 0) is 47.5 Å². The molecule has 0 saturated carbocycles. The second kappa shape index (κ2) is 8.47. The highest BCUT2D eigenvalue weighted by Gasteiger charge is 2.23. The molecule has 2 heterocycles. The largest absolute Gasteiger partial charge is 0.456 e. The van der Waals surface area contributed by atoms with Crippen molar-refractivity contribution in [3.63, 3.8) is 0 Å². The van der Waals surface area contributed by atoms with Crippen LogP contribution < -0.4 is 4.57 Å². The molecule has 0 spiro atoms. The summed E-state index contributed by atoms with van der Waals surface area (Å²) in [7, 11) is 1.81. The fourth-order valence-corrected chi connectivity index (χ4v) is 4.47. The Hall–Kier alpha value is -3.90. The van der Waals surface area contributed by atoms with Crippen LogP contribution in [0, 0.1) is 26.3 Å². The maximum atomic E-state index is 9.17. The zero-order valence-corrected chi connectivity index (χ0v) is 20.1. The average Bonchev–Trinajstić information content (AvgIpc) is 3.25. The van der Waals surface area contributed by atoms with Crippen LogP contribution in [-0.2, 0) is 13.4 Å². The number of aryl methyl sites for hydroxylation is 1. The lowest BCUT2D eigenvalue weighted by atomic mass is 9.96. The van der Waals surface area contributed by atoms with Crippen LogP contribution >= 0.6 is 0 Å². The Kier molecular flexibility index (Phi) is 4.37. The van der Waals surface area contributed by atoms with Gasteiger partial charge in [0.15, 0.2) is 11.4 Å². The van der Waals surface area contributed by atoms with E-state index in [0.717, 1.165) is 27.5 Å². The van der Waals surface area contributed by atoms with Gasteiger partial charge in [-0.2, -0.15) is 4.57 Å². The highest BCUT2D eigenvalue weighted by Crippen LogP contribution is 2.42. The van der Waals surface area contributed by atoms with Crippen LogP contribution in [0.15, 0.2) is 71.1 Å². The molecular formula is C31H29N2O+. The van der Waals surface area contributed by atoms with E-state index in [1.54, 1.807) is 38.5 Å². The summed E-state index contributed by atoms with van der Waals surface area (Å²) in [6.07, 6.45) is -1.85. The third-order valence-corrected chi connectivity index (χ3v) is 6.23. The molecule has 0 fully saturated rings. The molecule has 0 unspecified atom stereocenters. The van der Waals surface area contributed by atoms with E-state index < -0.39 is 12.3 Å². The SMILES string of the molecule is [2H]c1c(C([2H])([2H])C(C)C)c([2H])c(-c2c(C)ccc3c2oc2cc([N+]#[C-])c(-c4ccccc4)cc23)[n+](C)c1C. The number of rotatable bonds is 4. The van der Waals surface area contributed by atoms with Crippen LogP contribution in [0.2, 0.25) is 0 Å². The number of hydrogen-bond acceptors (Lipinski definition) is 1. The third kappa shape index (κ3) is 3.66. The molecule has 5 aromatic rings. The quantitative estimate of drug-likeness (QED) is 0.200. The van der Waals surface area contributed by atoms with Gasteiger partial charge in [0.25, 0.3) is 0 Å². The monoisotopic (exact) mass is 449 g/mol. The number of aromatic nitrogens is 1. The van der Waals surface area contributed by atoms with Gasteiger partial charge in [-0.25, -0.2) is 4.85 Å². The minimum Gasteiger partial charge on any atom is -0.456 e. The molecule has 34 heavy (non-hydrogen) atoms. The molecule has 3 heteroatoms. The smallest absolute Gasteiger partial charge is 0.216 e. The average molecular weight is 450 g/mol. The molecule has 5 rings (SSSR count). The van der Waals surface area contributed by atoms with Gasteiger partial charge in [0.2, 0.25) is 5.69 Å². The second-order valence-electron chi connectivity index (χ2n) is 9.00. The molecule has 0 aliphatic carbocycles. The summed E-state index contributed by atoms with van der Waals surface area (Å²) in [4.78, 5) is 3.76. The standard InChI is InChI=1S/C31H29N2O/c1-19(2)14-22-15-21(4)33(6)28(16-22)30-20(3)12-13-24-26-17-25(23-10-8-7-9-11-23)27(32-5)18-29(26)34-31(24)30/h7-13,15-19H,14H2,1-4,6H3/q+1/i14D2,15D,16D. The second-order valence-corrected chi connectivity index (χ2v) is 9.00. The number of nitrogens with zero attached hydrogens (tertiary/aromatic N) is 2. The first kappa shape index (κ1) is 17.6. The number of pyridine rings is 1. The van der Waals surface area contributed by atoms with Crippen molar-refractivity contribution in [3.8, 4) is 22.4 Å². The molecule has 0 N–H and O–H groups in total. The van der Waals surface area contributed by atoms with Crippen molar-refractivity contribution in [3.05, 3.63) is 94.9 Å². The highest BCUT2D eigenvalue weighted by molar-refractivity contribution is 6.12. The summed E-state index contributed by atoms with van der Waals surface area (Å²) in [5.74, 6) is -0.415. The van der Waals surface area contributed by atoms with Gasteiger partial charge in [0.05, 0.1) is 14.9 Å². The van der Waals surface area contributed by atoms with E-state index in [2.05, 4.69) is 4.85 Å². The van der Waals surface area contributed by atoms with Gasteiger partial charge in [-0.15, -0.1) is 0 Å². The predicted octanol–water partition coefficient (Wildman–Crippen LogP) is 8.11. The Bertz CT molecular complexity index is 1780. The first-order chi connectivity index (χ1) is 18.0. The van der Waals surface area contributed by atoms with Crippen LogP contribution in [-0.4, -0.2) is 0 Å². The van der Waals surface area contributed by atoms with E-state index in [0.29, 0.717) is 33.8 Å². The van der Waals surface area contributed by atoms with Crippen molar-refractivity contribution < 1.29 is 14.5 Å². The number of benzene rings is 3. The van der Waals surface area contributed by atoms with Gasteiger partial charge in [-0.1, -0.05) is 62.4 Å². The molecule has 0 atom stereocenters. The van der Waals surface area contributed by atoms with Crippen LogP contribution in [0.3, 0.4) is 0 Å². The van der Waals surface area contributed by atoms with Crippen LogP contribution in [0.4, 0.5) is 5.69 Å². The molecule has 168 valence electrons. The van der Waals surface area contributed by atoms with Crippen LogP contribution in [0.5, 0.6) is 0 Å². The fraction of sp³-hybridized carbons (Fsp3) is 0.226. The summed E-state index contributed by atoms with van der Waals surface area (Å²) in [6.45, 7) is 15.0. The number of furan rings is 1. The summed E-state index contributed by atoms with van der Waals surface area (Å²) in [5, 5.41) is 1.72. The first-order valence-electron chi connectivity index (χ1n) is 13.4. The molecule has 0 bridgehead atoms. The molecule has 3 nitrogen and oxygen atoms in total. The lowest BCUT2D eigenvalue weighted by Crippen LogP contribution is -2.35. The molecule has 0 amide bonds. The Labute approximate surface area is 206 Å². The van der Waals surface area contributed by atoms with E-state index in [4.69, 9.17) is 16.5 Å². The van der Waals surface area contributed by atoms with Crippen LogP contribution in [0.25, 0.3) is 49.2 Å². The normalized spacial score (nSPS) is 13.6. The van der Waals surface area contributed by atoms with Crippen molar-refractivity contribution in [1.82, 2.24) is 0 Å². The van der Waals surface area contributed by atoms with E-state index in [9.17, 15) is 0 Å². The number of hydrogen-bond donors (Lipinski definition) is 0. The predicted molar refractivity (Wildman–Crippen MR) is 140 cm³/mol. The van der Waals surface area contributed by atoms with Gasteiger partial charge in [-0.3, -0.25) is 0 Å². The Morgan fingerprint density at radius 3 is 2.53 bits per heavy atom. The summed E-state index contributed by atoms with van der Waals surface area (Å²) < 4.78 is 43.6. The molecule has 3 aromatic carbocycles. The van der Waals surface area contributed by atoms with Gasteiger partial charge in [0, 0.05) is 32.5 Å². The molecule has 0 saturated heterocycles. The Morgan fingerprint density at radius 1 is 1.06 bits per heavy atom. The summed E-state index contributed by atoms with van der Waals surface area (Å²) in [6, 6.07) is 17.6. The molecule has 2 aromatic heterocycles.